The molecule has 0 unspecified atom stereocenters. The summed E-state index contributed by atoms with van der Waals surface area (Å²) in [4.78, 5) is 0. The largest absolute Gasteiger partial charge is 0.493 e. The summed E-state index contributed by atoms with van der Waals surface area (Å²) < 4.78 is 17.2. The third-order valence-corrected chi connectivity index (χ3v) is 3.68. The molecule has 5 heteroatoms. The monoisotopic (exact) mass is 359 g/mol. The minimum absolute atomic E-state index is 0.705. The Hall–Kier alpha value is -0.780. The molecule has 0 spiro atoms. The molecule has 1 rings (SSSR count). The van der Waals surface area contributed by atoms with Gasteiger partial charge in [0.2, 0.25) is 0 Å². The first-order valence-corrected chi connectivity index (χ1v) is 8.21. The first-order chi connectivity index (χ1) is 10.2. The summed E-state index contributed by atoms with van der Waals surface area (Å²) in [7, 11) is 3.37. The lowest BCUT2D eigenvalue weighted by Gasteiger charge is -2.14. The smallest absolute Gasteiger partial charge is 0.175 e. The summed E-state index contributed by atoms with van der Waals surface area (Å²) in [6.07, 6.45) is 3.43. The number of rotatable bonds is 11. The first kappa shape index (κ1) is 18.3. The Kier molecular flexibility index (Phi) is 9.46. The van der Waals surface area contributed by atoms with Crippen LogP contribution in [0, 0.1) is 0 Å². The quantitative estimate of drug-likeness (QED) is 0.610. The molecule has 0 amide bonds. The fraction of sp³-hybridized carbons (Fsp3) is 0.625. The minimum atomic E-state index is 0.705. The van der Waals surface area contributed by atoms with Gasteiger partial charge in [0.1, 0.15) is 0 Å². The van der Waals surface area contributed by atoms with Gasteiger partial charge in [-0.15, -0.1) is 0 Å². The standard InChI is InChI=1S/C16H26BrNO3/c1-4-5-6-8-21-16-14(17)10-13(11-15(16)20-3)12-18-7-9-19-2/h10-11,18H,4-9,12H2,1-3H3. The van der Waals surface area contributed by atoms with Gasteiger partial charge in [0, 0.05) is 20.2 Å². The van der Waals surface area contributed by atoms with Crippen molar-refractivity contribution in [2.75, 3.05) is 34.0 Å². The zero-order valence-corrected chi connectivity index (χ0v) is 14.8. The van der Waals surface area contributed by atoms with Gasteiger partial charge >= 0.3 is 0 Å². The lowest BCUT2D eigenvalue weighted by molar-refractivity contribution is 0.199. The molecule has 0 aliphatic rings. The maximum Gasteiger partial charge on any atom is 0.175 e. The van der Waals surface area contributed by atoms with Gasteiger partial charge in [-0.1, -0.05) is 19.8 Å². The molecule has 1 aromatic carbocycles. The Balaban J connectivity index is 2.63. The summed E-state index contributed by atoms with van der Waals surface area (Å²) in [5, 5.41) is 3.32. The second kappa shape index (κ2) is 10.9. The van der Waals surface area contributed by atoms with Gasteiger partial charge in [-0.3, -0.25) is 0 Å². The number of benzene rings is 1. The molecule has 0 atom stereocenters. The average molecular weight is 360 g/mol. The Morgan fingerprint density at radius 3 is 2.62 bits per heavy atom. The van der Waals surface area contributed by atoms with E-state index in [1.54, 1.807) is 14.2 Å². The van der Waals surface area contributed by atoms with Gasteiger partial charge in [0.25, 0.3) is 0 Å². The van der Waals surface area contributed by atoms with Crippen molar-refractivity contribution in [1.29, 1.82) is 0 Å². The van der Waals surface area contributed by atoms with Crippen LogP contribution in [0.15, 0.2) is 16.6 Å². The van der Waals surface area contributed by atoms with Crippen LogP contribution in [0.4, 0.5) is 0 Å². The van der Waals surface area contributed by atoms with E-state index in [9.17, 15) is 0 Å². The van der Waals surface area contributed by atoms with Crippen molar-refractivity contribution < 1.29 is 14.2 Å². The predicted molar refractivity (Wildman–Crippen MR) is 89.3 cm³/mol. The Morgan fingerprint density at radius 1 is 1.14 bits per heavy atom. The Bertz CT molecular complexity index is 413. The highest BCUT2D eigenvalue weighted by Crippen LogP contribution is 2.36. The van der Waals surface area contributed by atoms with Crippen LogP contribution in [-0.2, 0) is 11.3 Å². The van der Waals surface area contributed by atoms with Gasteiger partial charge < -0.3 is 19.5 Å². The predicted octanol–water partition coefficient (Wildman–Crippen LogP) is 3.76. The van der Waals surface area contributed by atoms with Crippen molar-refractivity contribution in [3.63, 3.8) is 0 Å². The van der Waals surface area contributed by atoms with Gasteiger partial charge in [-0.05, 0) is 40.0 Å². The van der Waals surface area contributed by atoms with Gasteiger partial charge in [-0.25, -0.2) is 0 Å². The average Bonchev–Trinajstić information content (AvgIpc) is 2.49. The molecule has 120 valence electrons. The summed E-state index contributed by atoms with van der Waals surface area (Å²) in [5.74, 6) is 1.55. The Morgan fingerprint density at radius 2 is 1.95 bits per heavy atom. The van der Waals surface area contributed by atoms with Crippen molar-refractivity contribution in [1.82, 2.24) is 5.32 Å². The van der Waals surface area contributed by atoms with E-state index in [-0.39, 0.29) is 0 Å². The van der Waals surface area contributed by atoms with Crippen molar-refractivity contribution in [2.45, 2.75) is 32.7 Å². The van der Waals surface area contributed by atoms with E-state index in [0.717, 1.165) is 41.0 Å². The molecule has 21 heavy (non-hydrogen) atoms. The highest BCUT2D eigenvalue weighted by atomic mass is 79.9. The summed E-state index contributed by atoms with van der Waals surface area (Å²) >= 11 is 3.57. The molecule has 1 aromatic rings. The number of ether oxygens (including phenoxy) is 3. The zero-order valence-electron chi connectivity index (χ0n) is 13.2. The molecule has 1 N–H and O–H groups in total. The lowest BCUT2D eigenvalue weighted by Crippen LogP contribution is -2.18. The van der Waals surface area contributed by atoms with E-state index in [0.29, 0.717) is 13.2 Å². The van der Waals surface area contributed by atoms with E-state index in [4.69, 9.17) is 14.2 Å². The highest BCUT2D eigenvalue weighted by molar-refractivity contribution is 9.10. The SMILES string of the molecule is CCCCCOc1c(Br)cc(CNCCOC)cc1OC. The Labute approximate surface area is 136 Å². The van der Waals surface area contributed by atoms with E-state index in [2.05, 4.69) is 34.2 Å². The van der Waals surface area contributed by atoms with Crippen LogP contribution in [-0.4, -0.2) is 34.0 Å². The molecule has 0 saturated heterocycles. The summed E-state index contributed by atoms with van der Waals surface area (Å²) in [5.41, 5.74) is 1.15. The molecule has 0 aliphatic heterocycles. The first-order valence-electron chi connectivity index (χ1n) is 7.41. The van der Waals surface area contributed by atoms with Crippen LogP contribution < -0.4 is 14.8 Å². The van der Waals surface area contributed by atoms with Crippen LogP contribution in [0.3, 0.4) is 0 Å². The number of hydrogen-bond donors (Lipinski definition) is 1. The second-order valence-corrected chi connectivity index (χ2v) is 5.69. The highest BCUT2D eigenvalue weighted by Gasteiger charge is 2.11. The van der Waals surface area contributed by atoms with Crippen molar-refractivity contribution in [3.05, 3.63) is 22.2 Å². The van der Waals surface area contributed by atoms with E-state index in [1.165, 1.54) is 12.8 Å². The maximum atomic E-state index is 5.85. The van der Waals surface area contributed by atoms with Crippen molar-refractivity contribution in [2.24, 2.45) is 0 Å². The molecular formula is C16H26BrNO3. The van der Waals surface area contributed by atoms with Crippen molar-refractivity contribution in [3.8, 4) is 11.5 Å². The number of nitrogens with one attached hydrogen (secondary N) is 1. The second-order valence-electron chi connectivity index (χ2n) is 4.83. The van der Waals surface area contributed by atoms with Crippen LogP contribution in [0.2, 0.25) is 0 Å². The van der Waals surface area contributed by atoms with E-state index >= 15 is 0 Å². The topological polar surface area (TPSA) is 39.7 Å². The molecule has 4 nitrogen and oxygen atoms in total. The third kappa shape index (κ3) is 6.68. The van der Waals surface area contributed by atoms with E-state index in [1.807, 2.05) is 6.07 Å². The van der Waals surface area contributed by atoms with Crippen LogP contribution in [0.5, 0.6) is 11.5 Å². The number of hydrogen-bond acceptors (Lipinski definition) is 4. The zero-order chi connectivity index (χ0) is 15.5. The van der Waals surface area contributed by atoms with Crippen LogP contribution in [0.1, 0.15) is 31.7 Å². The van der Waals surface area contributed by atoms with Gasteiger partial charge in [0.05, 0.1) is 24.8 Å². The number of unbranched alkanes of at least 4 members (excludes halogenated alkanes) is 2. The van der Waals surface area contributed by atoms with Gasteiger partial charge in [-0.2, -0.15) is 0 Å². The molecular weight excluding hydrogens is 334 g/mol. The summed E-state index contributed by atoms with van der Waals surface area (Å²) in [6.45, 7) is 5.20. The number of methoxy groups -OCH3 is 2. The van der Waals surface area contributed by atoms with Crippen LogP contribution in [0.25, 0.3) is 0 Å². The molecule has 0 aromatic heterocycles. The molecule has 0 aliphatic carbocycles. The molecule has 0 heterocycles. The molecule has 0 radical (unpaired) electrons. The minimum Gasteiger partial charge on any atom is -0.493 e. The molecule has 0 bridgehead atoms. The van der Waals surface area contributed by atoms with E-state index < -0.39 is 0 Å². The third-order valence-electron chi connectivity index (χ3n) is 3.10. The fourth-order valence-corrected chi connectivity index (χ4v) is 2.55. The van der Waals surface area contributed by atoms with Crippen LogP contribution >= 0.6 is 15.9 Å². The normalized spacial score (nSPS) is 10.7. The fourth-order valence-electron chi connectivity index (χ4n) is 1.95. The molecule has 0 saturated carbocycles. The maximum absolute atomic E-state index is 5.85. The number of halogens is 1. The summed E-state index contributed by atoms with van der Waals surface area (Å²) in [6, 6.07) is 4.08. The molecule has 0 fully saturated rings. The van der Waals surface area contributed by atoms with Crippen molar-refractivity contribution >= 4 is 15.9 Å². The lowest BCUT2D eigenvalue weighted by atomic mass is 10.2. The van der Waals surface area contributed by atoms with Gasteiger partial charge in [0.15, 0.2) is 11.5 Å².